The molecule has 0 aromatic carbocycles. The molecule has 1 aromatic heterocycles. The molecule has 0 aliphatic carbocycles. The molecule has 3 nitrogen and oxygen atoms in total. The van der Waals surface area contributed by atoms with Gasteiger partial charge in [0.1, 0.15) is 0 Å². The van der Waals surface area contributed by atoms with Crippen LogP contribution < -0.4 is 0 Å². The summed E-state index contributed by atoms with van der Waals surface area (Å²) in [4.78, 5) is 14.3. The van der Waals surface area contributed by atoms with Gasteiger partial charge in [-0.15, -0.1) is 0 Å². The van der Waals surface area contributed by atoms with E-state index in [2.05, 4.69) is 37.4 Å². The minimum absolute atomic E-state index is 0.256. The van der Waals surface area contributed by atoms with Crippen LogP contribution in [0.3, 0.4) is 0 Å². The Morgan fingerprint density at radius 1 is 1.39 bits per heavy atom. The van der Waals surface area contributed by atoms with E-state index in [4.69, 9.17) is 0 Å². The van der Waals surface area contributed by atoms with Gasteiger partial charge in [-0.1, -0.05) is 0 Å². The van der Waals surface area contributed by atoms with Crippen molar-refractivity contribution >= 4 is 17.5 Å². The minimum Gasteiger partial charge on any atom is -0.349 e. The van der Waals surface area contributed by atoms with E-state index < -0.39 is 0 Å². The number of carbonyl (C=O) groups excluding carboxylic acids is 1. The fourth-order valence-electron chi connectivity index (χ4n) is 2.06. The Bertz CT molecular complexity index is 410. The lowest BCUT2D eigenvalue weighted by Gasteiger charge is -2.08. The Morgan fingerprint density at radius 3 is 2.56 bits per heavy atom. The average Bonchev–Trinajstić information content (AvgIpc) is 2.59. The average molecular weight is 268 g/mol. The zero-order chi connectivity index (χ0) is 13.7. The molecule has 1 aromatic rings. The van der Waals surface area contributed by atoms with Crippen LogP contribution in [-0.2, 0) is 6.54 Å². The predicted octanol–water partition coefficient (Wildman–Crippen LogP) is 2.60. The fourth-order valence-corrected chi connectivity index (χ4v) is 3.04. The van der Waals surface area contributed by atoms with Crippen LogP contribution in [0.4, 0.5) is 0 Å². The number of Topliss-reactive ketones (excluding diaryl/α,β-unsaturated/α-hetero) is 1. The quantitative estimate of drug-likeness (QED) is 0.561. The Kier molecular flexibility index (Phi) is 5.96. The van der Waals surface area contributed by atoms with E-state index in [1.165, 1.54) is 5.69 Å². The molecular weight excluding hydrogens is 244 g/mol. The zero-order valence-corrected chi connectivity index (χ0v) is 12.9. The van der Waals surface area contributed by atoms with Crippen LogP contribution in [0.25, 0.3) is 0 Å². The van der Waals surface area contributed by atoms with E-state index in [0.717, 1.165) is 30.1 Å². The summed E-state index contributed by atoms with van der Waals surface area (Å²) in [6, 6.07) is 2.02. The molecule has 0 unspecified atom stereocenters. The molecule has 1 heterocycles. The van der Waals surface area contributed by atoms with Crippen molar-refractivity contribution in [3.63, 3.8) is 0 Å². The van der Waals surface area contributed by atoms with Crippen LogP contribution in [0.15, 0.2) is 6.07 Å². The number of thioether (sulfide) groups is 1. The maximum Gasteiger partial charge on any atom is 0.174 e. The summed E-state index contributed by atoms with van der Waals surface area (Å²) in [5.74, 6) is 1.85. The number of aryl methyl sites for hydroxylation is 1. The Labute approximate surface area is 115 Å². The summed E-state index contributed by atoms with van der Waals surface area (Å²) in [6.07, 6.45) is 0. The van der Waals surface area contributed by atoms with Gasteiger partial charge in [0.2, 0.25) is 0 Å². The standard InChI is InChI=1S/C14H24N2OS/c1-6-16-11(2)9-13(12(16)3)14(17)10-18-8-7-15(4)5/h9H,6-8,10H2,1-5H3. The Balaban J connectivity index is 2.57. The highest BCUT2D eigenvalue weighted by Crippen LogP contribution is 2.17. The molecule has 0 aliphatic rings. The van der Waals surface area contributed by atoms with Gasteiger partial charge in [-0.2, -0.15) is 11.8 Å². The molecule has 18 heavy (non-hydrogen) atoms. The van der Waals surface area contributed by atoms with Gasteiger partial charge in [-0.05, 0) is 40.9 Å². The third kappa shape index (κ3) is 3.89. The van der Waals surface area contributed by atoms with E-state index in [1.807, 2.05) is 13.0 Å². The molecule has 4 heteroatoms. The van der Waals surface area contributed by atoms with E-state index in [9.17, 15) is 4.79 Å². The van der Waals surface area contributed by atoms with Crippen LogP contribution in [0.2, 0.25) is 0 Å². The number of aromatic nitrogens is 1. The maximum atomic E-state index is 12.1. The van der Waals surface area contributed by atoms with Crippen LogP contribution in [0, 0.1) is 13.8 Å². The van der Waals surface area contributed by atoms with E-state index >= 15 is 0 Å². The first-order valence-electron chi connectivity index (χ1n) is 6.39. The smallest absolute Gasteiger partial charge is 0.174 e. The lowest BCUT2D eigenvalue weighted by Crippen LogP contribution is -2.16. The molecule has 0 aliphatic heterocycles. The molecule has 1 rings (SSSR count). The van der Waals surface area contributed by atoms with Crippen molar-refractivity contribution in [1.29, 1.82) is 0 Å². The first-order chi connectivity index (χ1) is 8.47. The molecule has 0 saturated heterocycles. The zero-order valence-electron chi connectivity index (χ0n) is 12.1. The first kappa shape index (κ1) is 15.3. The number of ketones is 1. The van der Waals surface area contributed by atoms with Gasteiger partial charge in [0.15, 0.2) is 5.78 Å². The predicted molar refractivity (Wildman–Crippen MR) is 79.8 cm³/mol. The summed E-state index contributed by atoms with van der Waals surface area (Å²) in [6.45, 7) is 8.16. The van der Waals surface area contributed by atoms with Crippen molar-refractivity contribution in [3.05, 3.63) is 23.0 Å². The number of rotatable bonds is 7. The van der Waals surface area contributed by atoms with E-state index in [-0.39, 0.29) is 5.78 Å². The molecule has 102 valence electrons. The molecule has 0 saturated carbocycles. The van der Waals surface area contributed by atoms with Gasteiger partial charge in [-0.3, -0.25) is 4.79 Å². The maximum absolute atomic E-state index is 12.1. The van der Waals surface area contributed by atoms with Gasteiger partial charge in [0.25, 0.3) is 0 Å². The highest BCUT2D eigenvalue weighted by atomic mass is 32.2. The van der Waals surface area contributed by atoms with Crippen molar-refractivity contribution in [2.75, 3.05) is 32.1 Å². The molecule has 0 atom stereocenters. The van der Waals surface area contributed by atoms with Crippen molar-refractivity contribution < 1.29 is 4.79 Å². The van der Waals surface area contributed by atoms with Gasteiger partial charge < -0.3 is 9.47 Å². The highest BCUT2D eigenvalue weighted by Gasteiger charge is 2.14. The largest absolute Gasteiger partial charge is 0.349 e. The second kappa shape index (κ2) is 7.00. The molecule has 0 amide bonds. The van der Waals surface area contributed by atoms with Crippen molar-refractivity contribution in [1.82, 2.24) is 9.47 Å². The lowest BCUT2D eigenvalue weighted by molar-refractivity contribution is 0.102. The third-order valence-electron chi connectivity index (χ3n) is 3.11. The van der Waals surface area contributed by atoms with Crippen LogP contribution in [0.5, 0.6) is 0 Å². The summed E-state index contributed by atoms with van der Waals surface area (Å²) < 4.78 is 2.19. The molecule has 0 spiro atoms. The monoisotopic (exact) mass is 268 g/mol. The summed E-state index contributed by atoms with van der Waals surface area (Å²) in [5.41, 5.74) is 3.18. The normalized spacial score (nSPS) is 11.2. The fraction of sp³-hybridized carbons (Fsp3) is 0.643. The number of nitrogens with zero attached hydrogens (tertiary/aromatic N) is 2. The number of hydrogen-bond donors (Lipinski definition) is 0. The SMILES string of the molecule is CCn1c(C)cc(C(=O)CSCCN(C)C)c1C. The van der Waals surface area contributed by atoms with Gasteiger partial charge >= 0.3 is 0 Å². The molecule has 0 bridgehead atoms. The Hall–Kier alpha value is -0.740. The summed E-state index contributed by atoms with van der Waals surface area (Å²) in [7, 11) is 4.11. The van der Waals surface area contributed by atoms with Crippen molar-refractivity contribution in [2.24, 2.45) is 0 Å². The van der Waals surface area contributed by atoms with Crippen LogP contribution >= 0.6 is 11.8 Å². The van der Waals surface area contributed by atoms with Crippen molar-refractivity contribution in [2.45, 2.75) is 27.3 Å². The lowest BCUT2D eigenvalue weighted by atomic mass is 10.2. The number of carbonyl (C=O) groups is 1. The van der Waals surface area contributed by atoms with E-state index in [1.54, 1.807) is 11.8 Å². The Morgan fingerprint density at radius 2 is 2.06 bits per heavy atom. The number of hydrogen-bond acceptors (Lipinski definition) is 3. The molecular formula is C14H24N2OS. The molecule has 0 fully saturated rings. The second-order valence-electron chi connectivity index (χ2n) is 4.81. The topological polar surface area (TPSA) is 25.2 Å². The van der Waals surface area contributed by atoms with E-state index in [0.29, 0.717) is 5.75 Å². The third-order valence-corrected chi connectivity index (χ3v) is 4.04. The summed E-state index contributed by atoms with van der Waals surface area (Å²) >= 11 is 1.72. The molecule has 0 N–H and O–H groups in total. The summed E-state index contributed by atoms with van der Waals surface area (Å²) in [5, 5.41) is 0. The van der Waals surface area contributed by atoms with Crippen molar-refractivity contribution in [3.8, 4) is 0 Å². The second-order valence-corrected chi connectivity index (χ2v) is 5.91. The minimum atomic E-state index is 0.256. The first-order valence-corrected chi connectivity index (χ1v) is 7.55. The van der Waals surface area contributed by atoms with Gasteiger partial charge in [0.05, 0.1) is 5.75 Å². The highest BCUT2D eigenvalue weighted by molar-refractivity contribution is 8.00. The van der Waals surface area contributed by atoms with Gasteiger partial charge in [-0.25, -0.2) is 0 Å². The molecule has 0 radical (unpaired) electrons. The van der Waals surface area contributed by atoms with Gasteiger partial charge in [0, 0.05) is 35.8 Å². The van der Waals surface area contributed by atoms with Crippen LogP contribution in [0.1, 0.15) is 28.7 Å². The van der Waals surface area contributed by atoms with Crippen LogP contribution in [-0.4, -0.2) is 47.4 Å².